The lowest BCUT2D eigenvalue weighted by Gasteiger charge is -2.25. The fraction of sp³-hybridized carbons (Fsp3) is 0.379. The first kappa shape index (κ1) is 26.4. The number of hydrogen-bond acceptors (Lipinski definition) is 7. The van der Waals surface area contributed by atoms with E-state index in [0.29, 0.717) is 32.3 Å². The van der Waals surface area contributed by atoms with Crippen molar-refractivity contribution in [1.29, 1.82) is 0 Å². The van der Waals surface area contributed by atoms with Crippen molar-refractivity contribution in [3.05, 3.63) is 82.3 Å². The molecule has 8 heteroatoms. The molecule has 0 atom stereocenters. The molecule has 0 unspecified atom stereocenters. The van der Waals surface area contributed by atoms with Crippen LogP contribution in [-0.4, -0.2) is 50.4 Å². The second-order valence-electron chi connectivity index (χ2n) is 9.41. The van der Waals surface area contributed by atoms with Gasteiger partial charge in [-0.05, 0) is 65.9 Å². The highest BCUT2D eigenvalue weighted by Crippen LogP contribution is 2.29. The zero-order valence-corrected chi connectivity index (χ0v) is 22.0. The van der Waals surface area contributed by atoms with Crippen LogP contribution in [0.5, 0.6) is 11.5 Å². The smallest absolute Gasteiger partial charge is 0.307 e. The Hall–Kier alpha value is -3.62. The molecule has 37 heavy (non-hydrogen) atoms. The monoisotopic (exact) mass is 505 g/mol. The summed E-state index contributed by atoms with van der Waals surface area (Å²) in [6.45, 7) is 10.5. The Morgan fingerprint density at radius 1 is 1.11 bits per heavy atom. The molecular weight excluding hydrogens is 470 g/mol. The number of hydrogen-bond donors (Lipinski definition) is 1. The van der Waals surface area contributed by atoms with Crippen LogP contribution in [0.2, 0.25) is 0 Å². The van der Waals surface area contributed by atoms with Crippen LogP contribution in [0.1, 0.15) is 58.3 Å². The van der Waals surface area contributed by atoms with Gasteiger partial charge in [0.1, 0.15) is 23.9 Å². The number of carbonyl (C=O) groups excluding carboxylic acids is 1. The van der Waals surface area contributed by atoms with Crippen LogP contribution in [0.4, 0.5) is 0 Å². The number of aryl methyl sites for hydroxylation is 1. The standard InChI is InChI=1S/C29H35N3O5/c1-20(2)25-8-5-21(3)15-28(25)36-19-23-16-22(6-9-26(23)34-4)17-30-31-29(33)27-10-7-24(37-27)18-32-11-13-35-14-12-32/h5-10,15-17,20H,11-14,18-19H2,1-4H3,(H,31,33)/b30-17-. The van der Waals surface area contributed by atoms with Crippen molar-refractivity contribution in [2.45, 2.75) is 39.8 Å². The summed E-state index contributed by atoms with van der Waals surface area (Å²) in [5, 5.41) is 4.11. The number of hydrazone groups is 1. The molecule has 0 radical (unpaired) electrons. The third-order valence-corrected chi connectivity index (χ3v) is 6.23. The summed E-state index contributed by atoms with van der Waals surface area (Å²) in [5.74, 6) is 2.51. The molecule has 0 bridgehead atoms. The van der Waals surface area contributed by atoms with Crippen LogP contribution >= 0.6 is 0 Å². The van der Waals surface area contributed by atoms with E-state index in [1.54, 1.807) is 19.4 Å². The van der Waals surface area contributed by atoms with Gasteiger partial charge in [0.15, 0.2) is 5.76 Å². The minimum Gasteiger partial charge on any atom is -0.496 e. The fourth-order valence-electron chi connectivity index (χ4n) is 4.18. The molecule has 1 aliphatic rings. The molecule has 1 N–H and O–H groups in total. The number of nitrogens with one attached hydrogen (secondary N) is 1. The highest BCUT2D eigenvalue weighted by Gasteiger charge is 2.15. The predicted octanol–water partition coefficient (Wildman–Crippen LogP) is 4.90. The van der Waals surface area contributed by atoms with Gasteiger partial charge in [0.25, 0.3) is 0 Å². The predicted molar refractivity (Wildman–Crippen MR) is 142 cm³/mol. The van der Waals surface area contributed by atoms with Crippen molar-refractivity contribution in [2.24, 2.45) is 5.10 Å². The van der Waals surface area contributed by atoms with Gasteiger partial charge >= 0.3 is 5.91 Å². The number of methoxy groups -OCH3 is 1. The first-order chi connectivity index (χ1) is 17.9. The molecule has 1 aromatic heterocycles. The van der Waals surface area contributed by atoms with E-state index in [-0.39, 0.29) is 5.76 Å². The van der Waals surface area contributed by atoms with Gasteiger partial charge in [0.2, 0.25) is 0 Å². The summed E-state index contributed by atoms with van der Waals surface area (Å²) in [7, 11) is 1.63. The Balaban J connectivity index is 1.37. The largest absolute Gasteiger partial charge is 0.496 e. The summed E-state index contributed by atoms with van der Waals surface area (Å²) >= 11 is 0. The summed E-state index contributed by atoms with van der Waals surface area (Å²) in [5.41, 5.74) is 6.53. The number of ether oxygens (including phenoxy) is 3. The summed E-state index contributed by atoms with van der Waals surface area (Å²) in [6.07, 6.45) is 1.59. The second-order valence-corrected chi connectivity index (χ2v) is 9.41. The number of nitrogens with zero attached hydrogens (tertiary/aromatic N) is 2. The Kier molecular flexibility index (Phi) is 8.98. The van der Waals surface area contributed by atoms with Crippen molar-refractivity contribution < 1.29 is 23.4 Å². The lowest BCUT2D eigenvalue weighted by atomic mass is 10.0. The zero-order valence-electron chi connectivity index (χ0n) is 22.0. The highest BCUT2D eigenvalue weighted by atomic mass is 16.5. The van der Waals surface area contributed by atoms with Crippen molar-refractivity contribution in [3.8, 4) is 11.5 Å². The molecular formula is C29H35N3O5. The molecule has 4 rings (SSSR count). The van der Waals surface area contributed by atoms with Gasteiger partial charge in [-0.2, -0.15) is 5.10 Å². The quantitative estimate of drug-likeness (QED) is 0.312. The van der Waals surface area contributed by atoms with E-state index in [1.165, 1.54) is 0 Å². The maximum atomic E-state index is 12.5. The number of carbonyl (C=O) groups is 1. The van der Waals surface area contributed by atoms with E-state index in [2.05, 4.69) is 54.4 Å². The fourth-order valence-corrected chi connectivity index (χ4v) is 4.18. The third-order valence-electron chi connectivity index (χ3n) is 6.23. The topological polar surface area (TPSA) is 85.5 Å². The first-order valence-electron chi connectivity index (χ1n) is 12.6. The maximum absolute atomic E-state index is 12.5. The Labute approximate surface area is 218 Å². The number of benzene rings is 2. The van der Waals surface area contributed by atoms with Crippen LogP contribution in [0.25, 0.3) is 0 Å². The average molecular weight is 506 g/mol. The molecule has 0 spiro atoms. The maximum Gasteiger partial charge on any atom is 0.307 e. The Morgan fingerprint density at radius 2 is 1.92 bits per heavy atom. The molecule has 2 heterocycles. The van der Waals surface area contributed by atoms with Crippen molar-refractivity contribution in [1.82, 2.24) is 10.3 Å². The molecule has 0 aliphatic carbocycles. The van der Waals surface area contributed by atoms with Gasteiger partial charge < -0.3 is 18.6 Å². The van der Waals surface area contributed by atoms with E-state index in [9.17, 15) is 4.79 Å². The number of amides is 1. The van der Waals surface area contributed by atoms with E-state index in [4.69, 9.17) is 18.6 Å². The van der Waals surface area contributed by atoms with Crippen LogP contribution in [0.15, 0.2) is 58.0 Å². The molecule has 3 aromatic rings. The molecule has 1 aliphatic heterocycles. The second kappa shape index (κ2) is 12.6. The van der Waals surface area contributed by atoms with Crippen molar-refractivity contribution in [3.63, 3.8) is 0 Å². The highest BCUT2D eigenvalue weighted by molar-refractivity contribution is 5.92. The summed E-state index contributed by atoms with van der Waals surface area (Å²) in [6, 6.07) is 15.4. The van der Waals surface area contributed by atoms with E-state index in [0.717, 1.165) is 52.6 Å². The van der Waals surface area contributed by atoms with Crippen molar-refractivity contribution in [2.75, 3.05) is 33.4 Å². The number of furan rings is 1. The van der Waals surface area contributed by atoms with Gasteiger partial charge in [-0.25, -0.2) is 5.43 Å². The van der Waals surface area contributed by atoms with Gasteiger partial charge in [-0.1, -0.05) is 26.0 Å². The Morgan fingerprint density at radius 3 is 2.68 bits per heavy atom. The summed E-state index contributed by atoms with van der Waals surface area (Å²) < 4.78 is 22.8. The molecule has 8 nitrogen and oxygen atoms in total. The SMILES string of the molecule is COc1ccc(/C=N\NC(=O)c2ccc(CN3CCOCC3)o2)cc1COc1cc(C)ccc1C(C)C. The lowest BCUT2D eigenvalue weighted by molar-refractivity contribution is 0.0311. The molecule has 1 saturated heterocycles. The van der Waals surface area contributed by atoms with E-state index in [1.807, 2.05) is 24.3 Å². The zero-order chi connectivity index (χ0) is 26.2. The Bertz CT molecular complexity index is 1230. The molecule has 2 aromatic carbocycles. The minimum absolute atomic E-state index is 0.225. The van der Waals surface area contributed by atoms with Gasteiger partial charge in [0.05, 0.1) is 33.1 Å². The van der Waals surface area contributed by atoms with E-state index < -0.39 is 5.91 Å². The van der Waals surface area contributed by atoms with Crippen LogP contribution in [0.3, 0.4) is 0 Å². The van der Waals surface area contributed by atoms with Crippen LogP contribution < -0.4 is 14.9 Å². The molecule has 0 saturated carbocycles. The normalized spacial score (nSPS) is 14.3. The van der Waals surface area contributed by atoms with Gasteiger partial charge in [-0.15, -0.1) is 0 Å². The molecule has 1 fully saturated rings. The first-order valence-corrected chi connectivity index (χ1v) is 12.6. The summed E-state index contributed by atoms with van der Waals surface area (Å²) in [4.78, 5) is 14.7. The van der Waals surface area contributed by atoms with E-state index >= 15 is 0 Å². The number of rotatable bonds is 10. The van der Waals surface area contributed by atoms with Gasteiger partial charge in [0, 0.05) is 18.7 Å². The van der Waals surface area contributed by atoms with Crippen LogP contribution in [0, 0.1) is 6.92 Å². The van der Waals surface area contributed by atoms with Crippen molar-refractivity contribution >= 4 is 12.1 Å². The van der Waals surface area contributed by atoms with Gasteiger partial charge in [-0.3, -0.25) is 9.69 Å². The minimum atomic E-state index is -0.401. The van der Waals surface area contributed by atoms with Crippen LogP contribution in [-0.2, 0) is 17.9 Å². The average Bonchev–Trinajstić information content (AvgIpc) is 3.36. The molecule has 196 valence electrons. The third kappa shape index (κ3) is 7.21. The molecule has 1 amide bonds. The lowest BCUT2D eigenvalue weighted by Crippen LogP contribution is -2.35. The number of morpholine rings is 1.